The monoisotopic (exact) mass is 231 g/mol. The van der Waals surface area contributed by atoms with E-state index in [9.17, 15) is 0 Å². The molecule has 0 unspecified atom stereocenters. The minimum atomic E-state index is 0.993. The molecule has 0 aliphatic rings. The van der Waals surface area contributed by atoms with Crippen molar-refractivity contribution in [1.29, 1.82) is 0 Å². The molecule has 94 valence electrons. The molecule has 1 N–H and O–H groups in total. The zero-order chi connectivity index (χ0) is 12.3. The van der Waals surface area contributed by atoms with E-state index in [4.69, 9.17) is 0 Å². The summed E-state index contributed by atoms with van der Waals surface area (Å²) in [5.41, 5.74) is 2.71. The summed E-state index contributed by atoms with van der Waals surface area (Å²) in [5.74, 6) is 0. The average Bonchev–Trinajstić information content (AvgIpc) is 2.35. The van der Waals surface area contributed by atoms with E-state index < -0.39 is 0 Å². The van der Waals surface area contributed by atoms with Crippen molar-refractivity contribution in [3.05, 3.63) is 48.0 Å². The number of hydrogen-bond acceptors (Lipinski definition) is 1. The van der Waals surface area contributed by atoms with E-state index in [2.05, 4.69) is 43.1 Å². The second-order valence-electron chi connectivity index (χ2n) is 4.65. The summed E-state index contributed by atoms with van der Waals surface area (Å²) in [5, 5.41) is 3.49. The van der Waals surface area contributed by atoms with Gasteiger partial charge in [-0.25, -0.2) is 0 Å². The molecule has 0 saturated heterocycles. The molecule has 1 nitrogen and oxygen atoms in total. The third-order valence-electron chi connectivity index (χ3n) is 2.96. The highest BCUT2D eigenvalue weighted by Crippen LogP contribution is 2.04. The van der Waals surface area contributed by atoms with E-state index >= 15 is 0 Å². The first-order valence-corrected chi connectivity index (χ1v) is 6.70. The van der Waals surface area contributed by atoms with E-state index in [1.165, 1.54) is 36.8 Å². The Bertz CT molecular complexity index is 300. The number of benzene rings is 1. The van der Waals surface area contributed by atoms with E-state index in [0.29, 0.717) is 0 Å². The minimum absolute atomic E-state index is 0.993. The molecule has 1 aromatic carbocycles. The van der Waals surface area contributed by atoms with Gasteiger partial charge in [0.15, 0.2) is 0 Å². The number of allylic oxidation sites excluding steroid dienone is 1. The summed E-state index contributed by atoms with van der Waals surface area (Å²) >= 11 is 0. The van der Waals surface area contributed by atoms with E-state index in [0.717, 1.165) is 19.5 Å². The summed E-state index contributed by atoms with van der Waals surface area (Å²) in [7, 11) is 0. The first kappa shape index (κ1) is 14.0. The molecule has 0 atom stereocenters. The topological polar surface area (TPSA) is 12.0 Å². The molecule has 1 aromatic rings. The van der Waals surface area contributed by atoms with Crippen LogP contribution in [0.2, 0.25) is 0 Å². The van der Waals surface area contributed by atoms with Gasteiger partial charge >= 0.3 is 0 Å². The minimum Gasteiger partial charge on any atom is -0.313 e. The second kappa shape index (κ2) is 9.00. The van der Waals surface area contributed by atoms with Crippen molar-refractivity contribution in [2.75, 3.05) is 6.54 Å². The fourth-order valence-corrected chi connectivity index (χ4v) is 1.83. The lowest BCUT2D eigenvalue weighted by atomic mass is 10.1. The van der Waals surface area contributed by atoms with E-state index in [1.54, 1.807) is 0 Å². The highest BCUT2D eigenvalue weighted by molar-refractivity contribution is 5.20. The lowest BCUT2D eigenvalue weighted by molar-refractivity contribution is 0.590. The van der Waals surface area contributed by atoms with Gasteiger partial charge in [0.1, 0.15) is 0 Å². The van der Waals surface area contributed by atoms with Crippen LogP contribution in [0.1, 0.15) is 43.2 Å². The van der Waals surface area contributed by atoms with Crippen molar-refractivity contribution in [3.63, 3.8) is 0 Å². The fraction of sp³-hybridized carbons (Fsp3) is 0.500. The highest BCUT2D eigenvalue weighted by atomic mass is 14.8. The van der Waals surface area contributed by atoms with Crippen LogP contribution in [-0.2, 0) is 6.54 Å². The molecule has 0 aromatic heterocycles. The number of rotatable bonds is 9. The molecule has 0 heterocycles. The van der Waals surface area contributed by atoms with Crippen LogP contribution in [0, 0.1) is 6.92 Å². The van der Waals surface area contributed by atoms with Crippen LogP contribution < -0.4 is 5.32 Å². The third-order valence-corrected chi connectivity index (χ3v) is 2.96. The predicted octanol–water partition coefficient (Wildman–Crippen LogP) is 4.22. The van der Waals surface area contributed by atoms with Crippen LogP contribution in [0.4, 0.5) is 0 Å². The van der Waals surface area contributed by atoms with Crippen molar-refractivity contribution in [3.8, 4) is 0 Å². The smallest absolute Gasteiger partial charge is 0.0205 e. The lowest BCUT2D eigenvalue weighted by Gasteiger charge is -2.05. The summed E-state index contributed by atoms with van der Waals surface area (Å²) in [6.07, 6.45) is 8.41. The summed E-state index contributed by atoms with van der Waals surface area (Å²) in [6.45, 7) is 7.98. The Labute approximate surface area is 106 Å². The Morgan fingerprint density at radius 1 is 1.06 bits per heavy atom. The zero-order valence-electron chi connectivity index (χ0n) is 11.0. The SMILES string of the molecule is C=CCCCCCCNCc1ccc(C)cc1. The molecule has 0 aliphatic carbocycles. The van der Waals surface area contributed by atoms with Crippen molar-refractivity contribution < 1.29 is 0 Å². The second-order valence-corrected chi connectivity index (χ2v) is 4.65. The summed E-state index contributed by atoms with van der Waals surface area (Å²) in [4.78, 5) is 0. The van der Waals surface area contributed by atoms with Gasteiger partial charge in [-0.15, -0.1) is 6.58 Å². The highest BCUT2D eigenvalue weighted by Gasteiger charge is 1.92. The number of hydrogen-bond donors (Lipinski definition) is 1. The van der Waals surface area contributed by atoms with E-state index in [1.807, 2.05) is 6.08 Å². The van der Waals surface area contributed by atoms with Crippen molar-refractivity contribution in [1.82, 2.24) is 5.32 Å². The standard InChI is InChI=1S/C16H25N/c1-3-4-5-6-7-8-13-17-14-16-11-9-15(2)10-12-16/h3,9-12,17H,1,4-8,13-14H2,2H3. The zero-order valence-corrected chi connectivity index (χ0v) is 11.0. The van der Waals surface area contributed by atoms with Crippen LogP contribution in [-0.4, -0.2) is 6.54 Å². The summed E-state index contributed by atoms with van der Waals surface area (Å²) in [6, 6.07) is 8.75. The van der Waals surface area contributed by atoms with Crippen LogP contribution in [0.5, 0.6) is 0 Å². The molecular weight excluding hydrogens is 206 g/mol. The van der Waals surface area contributed by atoms with Gasteiger partial charge in [0.05, 0.1) is 0 Å². The Balaban J connectivity index is 1.97. The number of nitrogens with one attached hydrogen (secondary N) is 1. The quantitative estimate of drug-likeness (QED) is 0.495. The lowest BCUT2D eigenvalue weighted by Crippen LogP contribution is -2.14. The molecule has 0 radical (unpaired) electrons. The molecule has 0 fully saturated rings. The molecule has 0 aliphatic heterocycles. The van der Waals surface area contributed by atoms with Gasteiger partial charge in [0.25, 0.3) is 0 Å². The Morgan fingerprint density at radius 3 is 2.47 bits per heavy atom. The molecule has 0 amide bonds. The van der Waals surface area contributed by atoms with Crippen LogP contribution in [0.3, 0.4) is 0 Å². The largest absolute Gasteiger partial charge is 0.313 e. The average molecular weight is 231 g/mol. The molecule has 17 heavy (non-hydrogen) atoms. The fourth-order valence-electron chi connectivity index (χ4n) is 1.83. The number of aryl methyl sites for hydroxylation is 1. The van der Waals surface area contributed by atoms with Crippen LogP contribution in [0.25, 0.3) is 0 Å². The Morgan fingerprint density at radius 2 is 1.76 bits per heavy atom. The van der Waals surface area contributed by atoms with Gasteiger partial charge in [-0.1, -0.05) is 48.7 Å². The van der Waals surface area contributed by atoms with Gasteiger partial charge in [-0.2, -0.15) is 0 Å². The third kappa shape index (κ3) is 6.96. The Kier molecular flexibility index (Phi) is 7.40. The van der Waals surface area contributed by atoms with Gasteiger partial charge < -0.3 is 5.32 Å². The Hall–Kier alpha value is -1.08. The van der Waals surface area contributed by atoms with Crippen LogP contribution in [0.15, 0.2) is 36.9 Å². The van der Waals surface area contributed by atoms with Crippen molar-refractivity contribution in [2.24, 2.45) is 0 Å². The van der Waals surface area contributed by atoms with Crippen LogP contribution >= 0.6 is 0 Å². The first-order valence-electron chi connectivity index (χ1n) is 6.70. The summed E-state index contributed by atoms with van der Waals surface area (Å²) < 4.78 is 0. The van der Waals surface area contributed by atoms with Gasteiger partial charge in [0, 0.05) is 6.54 Å². The van der Waals surface area contributed by atoms with Gasteiger partial charge in [-0.3, -0.25) is 0 Å². The first-order chi connectivity index (χ1) is 8.33. The maximum absolute atomic E-state index is 3.74. The molecule has 0 spiro atoms. The van der Waals surface area contributed by atoms with E-state index in [-0.39, 0.29) is 0 Å². The molecule has 0 saturated carbocycles. The molecule has 1 rings (SSSR count). The molecule has 0 bridgehead atoms. The molecule has 1 heteroatoms. The number of unbranched alkanes of at least 4 members (excludes halogenated alkanes) is 4. The van der Waals surface area contributed by atoms with Crippen molar-refractivity contribution >= 4 is 0 Å². The predicted molar refractivity (Wildman–Crippen MR) is 76.2 cm³/mol. The normalized spacial score (nSPS) is 10.4. The van der Waals surface area contributed by atoms with Gasteiger partial charge in [0.2, 0.25) is 0 Å². The maximum atomic E-state index is 3.74. The van der Waals surface area contributed by atoms with Crippen molar-refractivity contribution in [2.45, 2.75) is 45.6 Å². The van der Waals surface area contributed by atoms with Gasteiger partial charge in [-0.05, 0) is 38.3 Å². The maximum Gasteiger partial charge on any atom is 0.0205 e. The molecular formula is C16H25N.